The molecule has 0 saturated heterocycles. The average Bonchev–Trinajstić information content (AvgIpc) is 2.86. The lowest BCUT2D eigenvalue weighted by Crippen LogP contribution is -2.51. The molecule has 4 heteroatoms. The summed E-state index contributed by atoms with van der Waals surface area (Å²) in [6.45, 7) is 0. The van der Waals surface area contributed by atoms with E-state index in [1.807, 2.05) is 24.3 Å². The van der Waals surface area contributed by atoms with Gasteiger partial charge in [-0.05, 0) is 22.3 Å². The lowest BCUT2D eigenvalue weighted by Gasteiger charge is -2.39. The van der Waals surface area contributed by atoms with Gasteiger partial charge in [0.05, 0.1) is 0 Å². The summed E-state index contributed by atoms with van der Waals surface area (Å²) < 4.78 is 0. The van der Waals surface area contributed by atoms with Crippen LogP contribution in [0.15, 0.2) is 126 Å². The number of rotatable bonds is 6. The number of hydrogen-bond acceptors (Lipinski definition) is 4. The lowest BCUT2D eigenvalue weighted by molar-refractivity contribution is 0.0906. The minimum Gasteiger partial charge on any atom is -0.411 e. The van der Waals surface area contributed by atoms with Crippen LogP contribution < -0.4 is 0 Å². The standard InChI is InChI=1S/C27H23NO3/c29-26(21-13-5-1-6-14-21,22-15-7-2-8-16-22)25(28-31)27(30,23-17-9-3-10-18-23)24-19-11-4-12-20-24/h1-20,29-31H. The highest BCUT2D eigenvalue weighted by molar-refractivity contribution is 6.05. The fourth-order valence-corrected chi connectivity index (χ4v) is 4.00. The highest BCUT2D eigenvalue weighted by atomic mass is 16.4. The summed E-state index contributed by atoms with van der Waals surface area (Å²) in [6.07, 6.45) is 0. The molecule has 4 aromatic rings. The van der Waals surface area contributed by atoms with Gasteiger partial charge in [-0.2, -0.15) is 0 Å². The van der Waals surface area contributed by atoms with E-state index >= 15 is 0 Å². The van der Waals surface area contributed by atoms with Crippen LogP contribution in [0.25, 0.3) is 0 Å². The van der Waals surface area contributed by atoms with Crippen molar-refractivity contribution in [3.05, 3.63) is 144 Å². The summed E-state index contributed by atoms with van der Waals surface area (Å²) in [5.74, 6) is 0. The van der Waals surface area contributed by atoms with Crippen LogP contribution in [0.3, 0.4) is 0 Å². The van der Waals surface area contributed by atoms with Crippen LogP contribution in [0.5, 0.6) is 0 Å². The molecule has 0 bridgehead atoms. The molecular weight excluding hydrogens is 386 g/mol. The van der Waals surface area contributed by atoms with E-state index in [-0.39, 0.29) is 5.71 Å². The first kappa shape index (κ1) is 20.5. The minimum atomic E-state index is -1.91. The van der Waals surface area contributed by atoms with Gasteiger partial charge in [0.1, 0.15) is 5.71 Å². The number of benzene rings is 4. The summed E-state index contributed by atoms with van der Waals surface area (Å²) >= 11 is 0. The summed E-state index contributed by atoms with van der Waals surface area (Å²) in [4.78, 5) is 0. The predicted octanol–water partition coefficient (Wildman–Crippen LogP) is 4.69. The number of aliphatic hydroxyl groups is 2. The summed E-state index contributed by atoms with van der Waals surface area (Å²) in [5, 5.41) is 38.3. The molecule has 0 amide bonds. The smallest absolute Gasteiger partial charge is 0.160 e. The van der Waals surface area contributed by atoms with Gasteiger partial charge in [0.15, 0.2) is 11.2 Å². The molecule has 0 aliphatic rings. The molecule has 3 N–H and O–H groups in total. The summed E-state index contributed by atoms with van der Waals surface area (Å²) in [5.41, 5.74) is -2.14. The first-order chi connectivity index (χ1) is 15.1. The highest BCUT2D eigenvalue weighted by Gasteiger charge is 2.51. The van der Waals surface area contributed by atoms with E-state index in [1.54, 1.807) is 97.1 Å². The number of hydrogen-bond donors (Lipinski definition) is 3. The van der Waals surface area contributed by atoms with E-state index in [4.69, 9.17) is 0 Å². The highest BCUT2D eigenvalue weighted by Crippen LogP contribution is 2.42. The second kappa shape index (κ2) is 8.56. The third-order valence-electron chi connectivity index (χ3n) is 5.55. The van der Waals surface area contributed by atoms with Crippen molar-refractivity contribution in [2.24, 2.45) is 5.16 Å². The van der Waals surface area contributed by atoms with Crippen LogP contribution in [0.1, 0.15) is 22.3 Å². The van der Waals surface area contributed by atoms with Crippen LogP contribution in [0, 0.1) is 0 Å². The molecule has 31 heavy (non-hydrogen) atoms. The first-order valence-corrected chi connectivity index (χ1v) is 10.0. The Bertz CT molecular complexity index is 974. The van der Waals surface area contributed by atoms with Crippen molar-refractivity contribution < 1.29 is 15.4 Å². The van der Waals surface area contributed by atoms with Crippen LogP contribution in [-0.4, -0.2) is 21.1 Å². The monoisotopic (exact) mass is 409 g/mol. The normalized spacial score (nSPS) is 11.7. The van der Waals surface area contributed by atoms with Gasteiger partial charge in [-0.25, -0.2) is 0 Å². The number of nitrogens with zero attached hydrogens (tertiary/aromatic N) is 1. The molecule has 0 aliphatic carbocycles. The van der Waals surface area contributed by atoms with Gasteiger partial charge < -0.3 is 15.4 Å². The van der Waals surface area contributed by atoms with Crippen LogP contribution in [0.2, 0.25) is 0 Å². The van der Waals surface area contributed by atoms with Crippen molar-refractivity contribution in [1.82, 2.24) is 0 Å². The average molecular weight is 409 g/mol. The molecule has 0 aromatic heterocycles. The SMILES string of the molecule is ON=C(C(O)(c1ccccc1)c1ccccc1)C(O)(c1ccccc1)c1ccccc1. The van der Waals surface area contributed by atoms with Gasteiger partial charge in [-0.1, -0.05) is 126 Å². The fraction of sp³-hybridized carbons (Fsp3) is 0.0741. The Morgan fingerprint density at radius 2 is 0.677 bits per heavy atom. The molecule has 0 unspecified atom stereocenters. The Hall–Kier alpha value is -3.73. The molecule has 4 nitrogen and oxygen atoms in total. The second-order valence-electron chi connectivity index (χ2n) is 7.33. The van der Waals surface area contributed by atoms with Crippen molar-refractivity contribution in [1.29, 1.82) is 0 Å². The zero-order valence-electron chi connectivity index (χ0n) is 16.8. The molecule has 4 rings (SSSR count). The fourth-order valence-electron chi connectivity index (χ4n) is 4.00. The van der Waals surface area contributed by atoms with E-state index < -0.39 is 11.2 Å². The molecule has 0 saturated carbocycles. The number of oxime groups is 1. The van der Waals surface area contributed by atoms with E-state index in [0.717, 1.165) is 0 Å². The van der Waals surface area contributed by atoms with Gasteiger partial charge in [0.2, 0.25) is 0 Å². The topological polar surface area (TPSA) is 73.1 Å². The van der Waals surface area contributed by atoms with E-state index in [9.17, 15) is 15.4 Å². The summed E-state index contributed by atoms with van der Waals surface area (Å²) in [7, 11) is 0. The van der Waals surface area contributed by atoms with Crippen molar-refractivity contribution >= 4 is 5.71 Å². The van der Waals surface area contributed by atoms with Gasteiger partial charge in [-0.3, -0.25) is 0 Å². The largest absolute Gasteiger partial charge is 0.411 e. The molecule has 0 aliphatic heterocycles. The molecule has 0 spiro atoms. The van der Waals surface area contributed by atoms with Gasteiger partial charge in [0, 0.05) is 0 Å². The van der Waals surface area contributed by atoms with Crippen molar-refractivity contribution in [3.8, 4) is 0 Å². The quantitative estimate of drug-likeness (QED) is 0.246. The van der Waals surface area contributed by atoms with E-state index in [0.29, 0.717) is 22.3 Å². The van der Waals surface area contributed by atoms with Gasteiger partial charge >= 0.3 is 0 Å². The molecule has 0 fully saturated rings. The van der Waals surface area contributed by atoms with Gasteiger partial charge in [0.25, 0.3) is 0 Å². The van der Waals surface area contributed by atoms with Crippen molar-refractivity contribution in [2.45, 2.75) is 11.2 Å². The Morgan fingerprint density at radius 1 is 0.452 bits per heavy atom. The van der Waals surface area contributed by atoms with Crippen LogP contribution >= 0.6 is 0 Å². The molecule has 154 valence electrons. The van der Waals surface area contributed by atoms with Crippen LogP contribution in [-0.2, 0) is 11.2 Å². The van der Waals surface area contributed by atoms with E-state index in [2.05, 4.69) is 5.16 Å². The lowest BCUT2D eigenvalue weighted by atomic mass is 9.70. The molecule has 4 aromatic carbocycles. The zero-order chi connectivity index (χ0) is 21.7. The minimum absolute atomic E-state index is 0.213. The summed E-state index contributed by atoms with van der Waals surface area (Å²) in [6, 6.07) is 35.7. The maximum Gasteiger partial charge on any atom is 0.160 e. The maximum atomic E-state index is 12.2. The predicted molar refractivity (Wildman–Crippen MR) is 121 cm³/mol. The van der Waals surface area contributed by atoms with Crippen molar-refractivity contribution in [2.75, 3.05) is 0 Å². The molecule has 0 atom stereocenters. The molecular formula is C27H23NO3. The first-order valence-electron chi connectivity index (χ1n) is 10.0. The van der Waals surface area contributed by atoms with Crippen molar-refractivity contribution in [3.63, 3.8) is 0 Å². The Kier molecular flexibility index (Phi) is 5.67. The third-order valence-corrected chi connectivity index (χ3v) is 5.55. The van der Waals surface area contributed by atoms with E-state index in [1.165, 1.54) is 0 Å². The van der Waals surface area contributed by atoms with Crippen LogP contribution in [0.4, 0.5) is 0 Å². The molecule has 0 radical (unpaired) electrons. The van der Waals surface area contributed by atoms with Gasteiger partial charge in [-0.15, -0.1) is 0 Å². The Labute approximate surface area is 181 Å². The zero-order valence-corrected chi connectivity index (χ0v) is 16.8. The second-order valence-corrected chi connectivity index (χ2v) is 7.33. The maximum absolute atomic E-state index is 12.2. The Balaban J connectivity index is 2.05. The Morgan fingerprint density at radius 3 is 0.871 bits per heavy atom. The molecule has 0 heterocycles. The third kappa shape index (κ3) is 3.52.